The first kappa shape index (κ1) is 17.6. The molecule has 0 spiro atoms. The van der Waals surface area contributed by atoms with Crippen molar-refractivity contribution in [2.24, 2.45) is 0 Å². The van der Waals surface area contributed by atoms with E-state index >= 15 is 0 Å². The molecule has 134 valence electrons. The Kier molecular flexibility index (Phi) is 4.64. The van der Waals surface area contributed by atoms with Crippen LogP contribution in [0.15, 0.2) is 24.3 Å². The molecule has 1 aromatic heterocycles. The molecule has 1 heterocycles. The van der Waals surface area contributed by atoms with Crippen molar-refractivity contribution in [3.63, 3.8) is 0 Å². The topological polar surface area (TPSA) is 67.2 Å². The van der Waals surface area contributed by atoms with Gasteiger partial charge in [-0.15, -0.1) is 0 Å². The number of aliphatic hydroxyl groups is 1. The van der Waals surface area contributed by atoms with Gasteiger partial charge >= 0.3 is 0 Å². The maximum Gasteiger partial charge on any atom is 0.272 e. The predicted molar refractivity (Wildman–Crippen MR) is 92.7 cm³/mol. The molecule has 0 bridgehead atoms. The van der Waals surface area contributed by atoms with Gasteiger partial charge in [0, 0.05) is 23.7 Å². The first-order valence-corrected chi connectivity index (χ1v) is 8.56. The van der Waals surface area contributed by atoms with Gasteiger partial charge in [0.05, 0.1) is 12.1 Å². The van der Waals surface area contributed by atoms with Gasteiger partial charge in [0.15, 0.2) is 0 Å². The largest absolute Gasteiger partial charge is 0.392 e. The number of rotatable bonds is 5. The van der Waals surface area contributed by atoms with Gasteiger partial charge in [-0.05, 0) is 57.4 Å². The van der Waals surface area contributed by atoms with Crippen LogP contribution in [0.2, 0.25) is 0 Å². The lowest BCUT2D eigenvalue weighted by molar-refractivity contribution is 0.0944. The van der Waals surface area contributed by atoms with Crippen molar-refractivity contribution in [1.82, 2.24) is 15.1 Å². The summed E-state index contributed by atoms with van der Waals surface area (Å²) in [7, 11) is 0. The molecule has 0 atom stereocenters. The molecule has 2 aromatic rings. The molecular weight excluding hydrogens is 321 g/mol. The van der Waals surface area contributed by atoms with Crippen LogP contribution in [0, 0.1) is 5.82 Å². The van der Waals surface area contributed by atoms with Gasteiger partial charge in [0.1, 0.15) is 11.5 Å². The second kappa shape index (κ2) is 6.59. The molecule has 1 fully saturated rings. The first-order chi connectivity index (χ1) is 11.8. The molecule has 0 saturated heterocycles. The average Bonchev–Trinajstić information content (AvgIpc) is 3.30. The molecule has 2 N–H and O–H groups in total. The highest BCUT2D eigenvalue weighted by atomic mass is 19.1. The molecular formula is C19H24FN3O2. The number of benzene rings is 1. The van der Waals surface area contributed by atoms with E-state index in [1.54, 1.807) is 12.1 Å². The van der Waals surface area contributed by atoms with Gasteiger partial charge < -0.3 is 10.4 Å². The van der Waals surface area contributed by atoms with Gasteiger partial charge in [0.2, 0.25) is 0 Å². The number of carbonyl (C=O) groups excluding carboxylic acids is 1. The Bertz CT molecular complexity index is 788. The average molecular weight is 345 g/mol. The van der Waals surface area contributed by atoms with Crippen LogP contribution in [-0.4, -0.2) is 20.8 Å². The number of carbonyl (C=O) groups is 1. The van der Waals surface area contributed by atoms with Crippen molar-refractivity contribution in [2.75, 3.05) is 0 Å². The lowest BCUT2D eigenvalue weighted by atomic mass is 10.1. The fraction of sp³-hybridized carbons (Fsp3) is 0.474. The van der Waals surface area contributed by atoms with E-state index in [-0.39, 0.29) is 30.2 Å². The van der Waals surface area contributed by atoms with Crippen LogP contribution in [-0.2, 0) is 18.7 Å². The number of nitrogens with one attached hydrogen (secondary N) is 1. The van der Waals surface area contributed by atoms with Gasteiger partial charge in [-0.1, -0.05) is 6.07 Å². The summed E-state index contributed by atoms with van der Waals surface area (Å²) in [4.78, 5) is 12.5. The van der Waals surface area contributed by atoms with E-state index in [1.807, 2.05) is 10.7 Å². The minimum absolute atomic E-state index is 0.177. The number of nitrogens with zero attached hydrogens (tertiary/aromatic N) is 2. The van der Waals surface area contributed by atoms with E-state index in [0.29, 0.717) is 11.6 Å². The molecule has 0 unspecified atom stereocenters. The maximum atomic E-state index is 13.4. The van der Waals surface area contributed by atoms with Gasteiger partial charge in [-0.3, -0.25) is 9.48 Å². The summed E-state index contributed by atoms with van der Waals surface area (Å²) in [6.07, 6.45) is 2.28. The van der Waals surface area contributed by atoms with Crippen molar-refractivity contribution >= 4 is 5.91 Å². The quantitative estimate of drug-likeness (QED) is 0.875. The van der Waals surface area contributed by atoms with Crippen molar-refractivity contribution < 1.29 is 14.3 Å². The fourth-order valence-corrected chi connectivity index (χ4v) is 2.85. The van der Waals surface area contributed by atoms with E-state index in [1.165, 1.54) is 6.07 Å². The number of hydrogen-bond donors (Lipinski definition) is 2. The summed E-state index contributed by atoms with van der Waals surface area (Å²) in [5.41, 5.74) is 2.29. The zero-order chi connectivity index (χ0) is 18.2. The van der Waals surface area contributed by atoms with Crippen LogP contribution in [0.3, 0.4) is 0 Å². The van der Waals surface area contributed by atoms with Crippen LogP contribution in [0.4, 0.5) is 4.39 Å². The second-order valence-corrected chi connectivity index (χ2v) is 7.58. The number of aliphatic hydroxyl groups excluding tert-OH is 1. The third kappa shape index (κ3) is 3.90. The second-order valence-electron chi connectivity index (χ2n) is 7.58. The predicted octanol–water partition coefficient (Wildman–Crippen LogP) is 3.08. The van der Waals surface area contributed by atoms with Gasteiger partial charge in [0.25, 0.3) is 5.91 Å². The normalized spacial score (nSPS) is 14.6. The molecule has 0 aliphatic heterocycles. The molecule has 1 aliphatic carbocycles. The standard InChI is InChI=1S/C19H24FN3O2/c1-19(2,3)23-17(13-5-6-13)9-16(22-23)18(25)21-10-12-4-7-15(20)14(8-12)11-24/h4,7-9,13,24H,5-6,10-11H2,1-3H3,(H,21,25). The Balaban J connectivity index is 1.73. The highest BCUT2D eigenvalue weighted by Gasteiger charge is 2.32. The van der Waals surface area contributed by atoms with E-state index in [2.05, 4.69) is 31.2 Å². The Morgan fingerprint density at radius 2 is 2.08 bits per heavy atom. The summed E-state index contributed by atoms with van der Waals surface area (Å²) in [6.45, 7) is 6.11. The minimum atomic E-state index is -0.449. The Morgan fingerprint density at radius 3 is 2.68 bits per heavy atom. The highest BCUT2D eigenvalue weighted by molar-refractivity contribution is 5.92. The van der Waals surface area contributed by atoms with E-state index in [9.17, 15) is 9.18 Å². The third-order valence-corrected chi connectivity index (χ3v) is 4.33. The molecule has 3 rings (SSSR count). The zero-order valence-electron chi connectivity index (χ0n) is 14.8. The number of hydrogen-bond acceptors (Lipinski definition) is 3. The molecule has 0 radical (unpaired) electrons. The van der Waals surface area contributed by atoms with E-state index in [4.69, 9.17) is 5.11 Å². The van der Waals surface area contributed by atoms with Crippen molar-refractivity contribution in [3.8, 4) is 0 Å². The van der Waals surface area contributed by atoms with Gasteiger partial charge in [-0.25, -0.2) is 4.39 Å². The molecule has 1 aliphatic rings. The van der Waals surface area contributed by atoms with Crippen LogP contribution >= 0.6 is 0 Å². The highest BCUT2D eigenvalue weighted by Crippen LogP contribution is 2.41. The Labute approximate surface area is 146 Å². The van der Waals surface area contributed by atoms with Crippen LogP contribution < -0.4 is 5.32 Å². The van der Waals surface area contributed by atoms with Crippen molar-refractivity contribution in [2.45, 2.75) is 58.2 Å². The molecule has 6 heteroatoms. The van der Waals surface area contributed by atoms with Crippen molar-refractivity contribution in [1.29, 1.82) is 0 Å². The van der Waals surface area contributed by atoms with Crippen LogP contribution in [0.5, 0.6) is 0 Å². The van der Waals surface area contributed by atoms with Crippen molar-refractivity contribution in [3.05, 3.63) is 52.6 Å². The summed E-state index contributed by atoms with van der Waals surface area (Å²) in [5.74, 6) is -0.201. The van der Waals surface area contributed by atoms with Gasteiger partial charge in [-0.2, -0.15) is 5.10 Å². The van der Waals surface area contributed by atoms with Crippen LogP contribution in [0.1, 0.15) is 66.8 Å². The van der Waals surface area contributed by atoms with E-state index < -0.39 is 5.82 Å². The maximum absolute atomic E-state index is 13.4. The van der Waals surface area contributed by atoms with E-state index in [0.717, 1.165) is 24.1 Å². The Hall–Kier alpha value is -2.21. The number of halogens is 1. The molecule has 1 aromatic carbocycles. The smallest absolute Gasteiger partial charge is 0.272 e. The SMILES string of the molecule is CC(C)(C)n1nc(C(=O)NCc2ccc(F)c(CO)c2)cc1C1CC1. The molecule has 1 saturated carbocycles. The summed E-state index contributed by atoms with van der Waals surface area (Å²) < 4.78 is 15.4. The summed E-state index contributed by atoms with van der Waals surface area (Å²) in [5, 5.41) is 16.5. The minimum Gasteiger partial charge on any atom is -0.392 e. The third-order valence-electron chi connectivity index (χ3n) is 4.33. The molecule has 5 nitrogen and oxygen atoms in total. The monoisotopic (exact) mass is 345 g/mol. The number of amides is 1. The summed E-state index contributed by atoms with van der Waals surface area (Å²) in [6, 6.07) is 6.33. The lowest BCUT2D eigenvalue weighted by Crippen LogP contribution is -2.27. The lowest BCUT2D eigenvalue weighted by Gasteiger charge is -2.22. The van der Waals surface area contributed by atoms with Crippen LogP contribution in [0.25, 0.3) is 0 Å². The molecule has 25 heavy (non-hydrogen) atoms. The Morgan fingerprint density at radius 1 is 1.36 bits per heavy atom. The fourth-order valence-electron chi connectivity index (χ4n) is 2.85. The molecule has 1 amide bonds. The summed E-state index contributed by atoms with van der Waals surface area (Å²) >= 11 is 0. The number of aromatic nitrogens is 2. The zero-order valence-corrected chi connectivity index (χ0v) is 14.8. The first-order valence-electron chi connectivity index (χ1n) is 8.56.